The zero-order valence-electron chi connectivity index (χ0n) is 14.8. The van der Waals surface area contributed by atoms with Gasteiger partial charge in [-0.3, -0.25) is 9.69 Å². The van der Waals surface area contributed by atoms with Gasteiger partial charge in [0.1, 0.15) is 0 Å². The van der Waals surface area contributed by atoms with E-state index in [0.29, 0.717) is 34.8 Å². The molecule has 0 saturated heterocycles. The number of benzene rings is 1. The summed E-state index contributed by atoms with van der Waals surface area (Å²) >= 11 is 6.64. The summed E-state index contributed by atoms with van der Waals surface area (Å²) in [5.74, 6) is 2.20. The Morgan fingerprint density at radius 2 is 2.00 bits per heavy atom. The van der Waals surface area contributed by atoms with E-state index in [1.165, 1.54) is 11.3 Å². The highest BCUT2D eigenvalue weighted by molar-refractivity contribution is 9.10. The third-order valence-corrected chi connectivity index (χ3v) is 6.83. The van der Waals surface area contributed by atoms with E-state index in [2.05, 4.69) is 26.1 Å². The molecular weight excluding hydrogens is 438 g/mol. The molecule has 1 aromatic heterocycles. The molecule has 26 heavy (non-hydrogen) atoms. The monoisotopic (exact) mass is 457 g/mol. The average Bonchev–Trinajstić information content (AvgIpc) is 3.38. The lowest BCUT2D eigenvalue weighted by molar-refractivity contribution is -0.118. The Morgan fingerprint density at radius 1 is 1.31 bits per heavy atom. The molecule has 9 heteroatoms. The first-order valence-corrected chi connectivity index (χ1v) is 10.9. The van der Waals surface area contributed by atoms with Crippen LogP contribution in [0.5, 0.6) is 11.5 Å². The Bertz CT molecular complexity index is 796. The number of amides is 1. The van der Waals surface area contributed by atoms with Crippen LogP contribution >= 0.6 is 39.0 Å². The molecule has 0 radical (unpaired) electrons. The first-order valence-electron chi connectivity index (χ1n) is 8.26. The number of halogens is 1. The largest absolute Gasteiger partial charge is 0.493 e. The number of nitrogens with zero attached hydrogens (tertiary/aromatic N) is 3. The van der Waals surface area contributed by atoms with Gasteiger partial charge < -0.3 is 9.47 Å². The molecule has 0 aliphatic heterocycles. The van der Waals surface area contributed by atoms with Gasteiger partial charge in [0.2, 0.25) is 11.0 Å². The van der Waals surface area contributed by atoms with Gasteiger partial charge in [-0.2, -0.15) is 0 Å². The summed E-state index contributed by atoms with van der Waals surface area (Å²) in [6, 6.07) is 4.15. The second kappa shape index (κ2) is 8.58. The van der Waals surface area contributed by atoms with E-state index in [-0.39, 0.29) is 5.91 Å². The van der Waals surface area contributed by atoms with E-state index in [1.807, 2.05) is 24.0 Å². The molecule has 0 atom stereocenters. The molecule has 1 aromatic carbocycles. The number of methoxy groups -OCH3 is 2. The quantitative estimate of drug-likeness (QED) is 0.428. The fourth-order valence-electron chi connectivity index (χ4n) is 2.47. The van der Waals surface area contributed by atoms with Crippen molar-refractivity contribution in [1.29, 1.82) is 0 Å². The van der Waals surface area contributed by atoms with Gasteiger partial charge in [0.15, 0.2) is 15.8 Å². The fourth-order valence-corrected chi connectivity index (χ4v) is 5.04. The third kappa shape index (κ3) is 4.32. The molecule has 1 saturated carbocycles. The predicted molar refractivity (Wildman–Crippen MR) is 108 cm³/mol. The molecule has 0 spiro atoms. The van der Waals surface area contributed by atoms with Gasteiger partial charge in [0, 0.05) is 22.7 Å². The maximum atomic E-state index is 12.2. The summed E-state index contributed by atoms with van der Waals surface area (Å²) in [5, 5.41) is 9.19. The molecule has 0 bridgehead atoms. The minimum Gasteiger partial charge on any atom is -0.493 e. The summed E-state index contributed by atoms with van der Waals surface area (Å²) in [4.78, 5) is 14.0. The highest BCUT2D eigenvalue weighted by Crippen LogP contribution is 2.39. The highest BCUT2D eigenvalue weighted by atomic mass is 79.9. The number of hydrogen-bond donors (Lipinski definition) is 0. The van der Waals surface area contributed by atoms with Crippen molar-refractivity contribution in [3.63, 3.8) is 0 Å². The minimum atomic E-state index is 0.114. The highest BCUT2D eigenvalue weighted by Gasteiger charge is 2.35. The van der Waals surface area contributed by atoms with Crippen LogP contribution in [0.1, 0.15) is 31.7 Å². The fraction of sp³-hybridized carbons (Fsp3) is 0.471. The van der Waals surface area contributed by atoms with Crippen LogP contribution in [0.4, 0.5) is 5.13 Å². The zero-order chi connectivity index (χ0) is 18.7. The van der Waals surface area contributed by atoms with E-state index in [9.17, 15) is 4.79 Å². The second-order valence-electron chi connectivity index (χ2n) is 5.79. The molecule has 1 fully saturated rings. The summed E-state index contributed by atoms with van der Waals surface area (Å²) in [6.45, 7) is 1.88. The summed E-state index contributed by atoms with van der Waals surface area (Å²) in [7, 11) is 3.24. The van der Waals surface area contributed by atoms with Crippen LogP contribution in [0.3, 0.4) is 0 Å². The van der Waals surface area contributed by atoms with Crippen molar-refractivity contribution in [3.05, 3.63) is 22.2 Å². The van der Waals surface area contributed by atoms with Gasteiger partial charge in [-0.05, 0) is 30.5 Å². The first-order chi connectivity index (χ1) is 12.6. The number of thioether (sulfide) groups is 1. The average molecular weight is 458 g/mol. The molecular formula is C17H20BrN3O3S2. The molecule has 2 aromatic rings. The Labute approximate surface area is 169 Å². The molecule has 1 heterocycles. The normalized spacial score (nSPS) is 13.5. The smallest absolute Gasteiger partial charge is 0.228 e. The predicted octanol–water partition coefficient (Wildman–Crippen LogP) is 4.52. The van der Waals surface area contributed by atoms with E-state index in [4.69, 9.17) is 9.47 Å². The summed E-state index contributed by atoms with van der Waals surface area (Å²) in [5.41, 5.74) is 1.08. The number of carbonyl (C=O) groups is 1. The topological polar surface area (TPSA) is 64.6 Å². The van der Waals surface area contributed by atoms with Crippen LogP contribution < -0.4 is 14.4 Å². The number of ether oxygens (including phenoxy) is 2. The van der Waals surface area contributed by atoms with Crippen molar-refractivity contribution >= 4 is 50.1 Å². The lowest BCUT2D eigenvalue weighted by Crippen LogP contribution is -2.32. The molecule has 0 N–H and O–H groups in total. The van der Waals surface area contributed by atoms with Crippen molar-refractivity contribution < 1.29 is 14.3 Å². The minimum absolute atomic E-state index is 0.114. The van der Waals surface area contributed by atoms with Crippen molar-refractivity contribution in [3.8, 4) is 11.5 Å². The van der Waals surface area contributed by atoms with Crippen LogP contribution in [-0.4, -0.2) is 36.4 Å². The standard InChI is InChI=1S/C17H20BrN3O3S2/c1-4-15(22)21(11-5-6-11)16-19-20-17(26-16)25-9-10-7-13(23-2)14(24-3)8-12(10)18/h7-8,11H,4-6,9H2,1-3H3. The van der Waals surface area contributed by atoms with Crippen molar-refractivity contribution in [2.24, 2.45) is 0 Å². The Hall–Kier alpha value is -1.32. The van der Waals surface area contributed by atoms with E-state index in [0.717, 1.165) is 27.2 Å². The van der Waals surface area contributed by atoms with E-state index < -0.39 is 0 Å². The maximum Gasteiger partial charge on any atom is 0.228 e. The number of hydrogen-bond acceptors (Lipinski definition) is 7. The number of aromatic nitrogens is 2. The van der Waals surface area contributed by atoms with Crippen molar-refractivity contribution in [1.82, 2.24) is 10.2 Å². The van der Waals surface area contributed by atoms with Gasteiger partial charge in [-0.15, -0.1) is 10.2 Å². The lowest BCUT2D eigenvalue weighted by atomic mass is 10.2. The number of carbonyl (C=O) groups excluding carboxylic acids is 1. The van der Waals surface area contributed by atoms with Gasteiger partial charge in [0.05, 0.1) is 14.2 Å². The van der Waals surface area contributed by atoms with Gasteiger partial charge >= 0.3 is 0 Å². The summed E-state index contributed by atoms with van der Waals surface area (Å²) < 4.78 is 12.5. The lowest BCUT2D eigenvalue weighted by Gasteiger charge is -2.17. The molecule has 1 amide bonds. The zero-order valence-corrected chi connectivity index (χ0v) is 18.0. The van der Waals surface area contributed by atoms with Crippen LogP contribution in [0, 0.1) is 0 Å². The van der Waals surface area contributed by atoms with Crippen molar-refractivity contribution in [2.75, 3.05) is 19.1 Å². The van der Waals surface area contributed by atoms with Crippen LogP contribution in [0.2, 0.25) is 0 Å². The molecule has 0 unspecified atom stereocenters. The van der Waals surface area contributed by atoms with Crippen molar-refractivity contribution in [2.45, 2.75) is 42.3 Å². The Balaban J connectivity index is 1.71. The molecule has 140 valence electrons. The number of anilines is 1. The van der Waals surface area contributed by atoms with E-state index >= 15 is 0 Å². The van der Waals surface area contributed by atoms with Gasteiger partial charge in [0.25, 0.3) is 0 Å². The SMILES string of the molecule is CCC(=O)N(c1nnc(SCc2cc(OC)c(OC)cc2Br)s1)C1CC1. The van der Waals surface area contributed by atoms with Gasteiger partial charge in [-0.25, -0.2) is 0 Å². The van der Waals surface area contributed by atoms with Gasteiger partial charge in [-0.1, -0.05) is 46.0 Å². The molecule has 6 nitrogen and oxygen atoms in total. The molecule has 3 rings (SSSR count). The van der Waals surface area contributed by atoms with E-state index in [1.54, 1.807) is 26.0 Å². The van der Waals surface area contributed by atoms with Crippen LogP contribution in [0.15, 0.2) is 20.9 Å². The van der Waals surface area contributed by atoms with Crippen LogP contribution in [-0.2, 0) is 10.5 Å². The molecule has 1 aliphatic carbocycles. The second-order valence-corrected chi connectivity index (χ2v) is 8.82. The number of rotatable bonds is 8. The molecule has 1 aliphatic rings. The van der Waals surface area contributed by atoms with Crippen LogP contribution in [0.25, 0.3) is 0 Å². The Kier molecular flexibility index (Phi) is 6.42. The first kappa shape index (κ1) is 19.4. The Morgan fingerprint density at radius 3 is 2.62 bits per heavy atom. The third-order valence-electron chi connectivity index (χ3n) is 3.99. The maximum absolute atomic E-state index is 12.2. The summed E-state index contributed by atoms with van der Waals surface area (Å²) in [6.07, 6.45) is 2.58.